The van der Waals surface area contributed by atoms with Crippen molar-refractivity contribution in [1.29, 1.82) is 5.41 Å². The summed E-state index contributed by atoms with van der Waals surface area (Å²) in [4.78, 5) is 3.46. The Morgan fingerprint density at radius 2 is 2.38 bits per heavy atom. The first kappa shape index (κ1) is 6.88. The summed E-state index contributed by atoms with van der Waals surface area (Å²) in [5.41, 5.74) is 5.21. The Balaban J connectivity index is 3.79. The SMILES string of the molecule is C/C=C/C(N)=NC=N. The Morgan fingerprint density at radius 3 is 2.75 bits per heavy atom. The van der Waals surface area contributed by atoms with E-state index in [2.05, 4.69) is 4.99 Å². The van der Waals surface area contributed by atoms with Crippen LogP contribution < -0.4 is 5.73 Å². The van der Waals surface area contributed by atoms with Gasteiger partial charge in [-0.1, -0.05) is 6.08 Å². The van der Waals surface area contributed by atoms with Crippen molar-refractivity contribution in [3.63, 3.8) is 0 Å². The van der Waals surface area contributed by atoms with Gasteiger partial charge in [-0.3, -0.25) is 5.41 Å². The van der Waals surface area contributed by atoms with Gasteiger partial charge < -0.3 is 5.73 Å². The van der Waals surface area contributed by atoms with Crippen LogP contribution in [0.1, 0.15) is 6.92 Å². The van der Waals surface area contributed by atoms with Crippen LogP contribution in [0.15, 0.2) is 17.1 Å². The van der Waals surface area contributed by atoms with E-state index in [1.54, 1.807) is 12.2 Å². The van der Waals surface area contributed by atoms with Crippen LogP contribution in [0.5, 0.6) is 0 Å². The van der Waals surface area contributed by atoms with E-state index in [0.717, 1.165) is 6.34 Å². The number of hydrogen-bond donors (Lipinski definition) is 2. The zero-order valence-corrected chi connectivity index (χ0v) is 4.76. The van der Waals surface area contributed by atoms with Gasteiger partial charge in [-0.05, 0) is 13.0 Å². The molecule has 0 aromatic heterocycles. The van der Waals surface area contributed by atoms with Crippen molar-refractivity contribution < 1.29 is 0 Å². The van der Waals surface area contributed by atoms with E-state index in [1.165, 1.54) is 0 Å². The fourth-order valence-corrected chi connectivity index (χ4v) is 0.288. The topological polar surface area (TPSA) is 62.2 Å². The molecule has 0 aromatic carbocycles. The fraction of sp³-hybridized carbons (Fsp3) is 0.200. The van der Waals surface area contributed by atoms with Crippen LogP contribution in [0, 0.1) is 5.41 Å². The third-order valence-corrected chi connectivity index (χ3v) is 0.551. The van der Waals surface area contributed by atoms with E-state index in [4.69, 9.17) is 11.1 Å². The lowest BCUT2D eigenvalue weighted by Crippen LogP contribution is -2.06. The van der Waals surface area contributed by atoms with Gasteiger partial charge in [0.1, 0.15) is 12.2 Å². The van der Waals surface area contributed by atoms with Crippen molar-refractivity contribution in [1.82, 2.24) is 0 Å². The molecule has 0 aliphatic heterocycles. The number of amidine groups is 1. The second kappa shape index (κ2) is 4.05. The molecule has 0 saturated carbocycles. The third kappa shape index (κ3) is 3.08. The van der Waals surface area contributed by atoms with Gasteiger partial charge in [0.2, 0.25) is 0 Å². The van der Waals surface area contributed by atoms with E-state index in [-0.39, 0.29) is 0 Å². The molecular formula is C5H9N3. The Bertz CT molecular complexity index is 124. The number of nitrogens with two attached hydrogens (primary N) is 1. The largest absolute Gasteiger partial charge is 0.384 e. The molecule has 44 valence electrons. The third-order valence-electron chi connectivity index (χ3n) is 0.551. The molecule has 0 unspecified atom stereocenters. The molecule has 0 fully saturated rings. The minimum Gasteiger partial charge on any atom is -0.384 e. The van der Waals surface area contributed by atoms with Crippen LogP contribution in [0.3, 0.4) is 0 Å². The Hall–Kier alpha value is -1.12. The highest BCUT2D eigenvalue weighted by Crippen LogP contribution is 1.69. The maximum absolute atomic E-state index is 6.49. The van der Waals surface area contributed by atoms with Crippen LogP contribution in [-0.4, -0.2) is 12.2 Å². The summed E-state index contributed by atoms with van der Waals surface area (Å²) >= 11 is 0. The predicted octanol–water partition coefficient (Wildman–Crippen LogP) is 0.527. The molecule has 3 N–H and O–H groups in total. The summed E-state index contributed by atoms with van der Waals surface area (Å²) in [5.74, 6) is 0.363. The molecule has 3 heteroatoms. The molecular weight excluding hydrogens is 102 g/mol. The lowest BCUT2D eigenvalue weighted by molar-refractivity contribution is 1.49. The summed E-state index contributed by atoms with van der Waals surface area (Å²) in [7, 11) is 0. The van der Waals surface area contributed by atoms with Crippen molar-refractivity contribution in [2.24, 2.45) is 10.7 Å². The standard InChI is InChI=1S/C5H9N3/c1-2-3-5(7)8-4-6/h2-4H,1H3,(H3,6,7,8)/b3-2+. The van der Waals surface area contributed by atoms with Gasteiger partial charge in [-0.2, -0.15) is 0 Å². The molecule has 0 amide bonds. The van der Waals surface area contributed by atoms with E-state index >= 15 is 0 Å². The quantitative estimate of drug-likeness (QED) is 0.396. The molecule has 8 heavy (non-hydrogen) atoms. The number of nitrogens with one attached hydrogen (secondary N) is 1. The Morgan fingerprint density at radius 1 is 1.75 bits per heavy atom. The first-order valence-corrected chi connectivity index (χ1v) is 2.26. The zero-order valence-electron chi connectivity index (χ0n) is 4.76. The normalized spacial score (nSPS) is 12.4. The monoisotopic (exact) mass is 111 g/mol. The van der Waals surface area contributed by atoms with Gasteiger partial charge in [0.25, 0.3) is 0 Å². The van der Waals surface area contributed by atoms with Gasteiger partial charge in [0.15, 0.2) is 0 Å². The van der Waals surface area contributed by atoms with Gasteiger partial charge in [-0.25, -0.2) is 4.99 Å². The highest BCUT2D eigenvalue weighted by Gasteiger charge is 1.74. The number of nitrogens with zero attached hydrogens (tertiary/aromatic N) is 1. The first-order chi connectivity index (χ1) is 3.81. The summed E-state index contributed by atoms with van der Waals surface area (Å²) in [6.45, 7) is 1.84. The molecule has 0 radical (unpaired) electrons. The average molecular weight is 111 g/mol. The first-order valence-electron chi connectivity index (χ1n) is 2.26. The fourth-order valence-electron chi connectivity index (χ4n) is 0.288. The Labute approximate surface area is 48.4 Å². The molecule has 0 spiro atoms. The number of hydrogen-bond acceptors (Lipinski definition) is 1. The molecule has 0 aliphatic carbocycles. The molecule has 0 bridgehead atoms. The van der Waals surface area contributed by atoms with Gasteiger partial charge >= 0.3 is 0 Å². The van der Waals surface area contributed by atoms with E-state index < -0.39 is 0 Å². The average Bonchev–Trinajstić information content (AvgIpc) is 1.68. The molecule has 0 heterocycles. The highest BCUT2D eigenvalue weighted by atomic mass is 14.9. The van der Waals surface area contributed by atoms with Gasteiger partial charge in [0, 0.05) is 0 Å². The predicted molar refractivity (Wildman–Crippen MR) is 35.2 cm³/mol. The maximum Gasteiger partial charge on any atom is 0.124 e. The Kier molecular flexibility index (Phi) is 3.48. The van der Waals surface area contributed by atoms with Crippen molar-refractivity contribution in [3.05, 3.63) is 12.2 Å². The second-order valence-corrected chi connectivity index (χ2v) is 1.18. The van der Waals surface area contributed by atoms with Crippen LogP contribution >= 0.6 is 0 Å². The van der Waals surface area contributed by atoms with Crippen LogP contribution in [0.25, 0.3) is 0 Å². The smallest absolute Gasteiger partial charge is 0.124 e. The summed E-state index contributed by atoms with van der Waals surface area (Å²) in [6.07, 6.45) is 4.31. The summed E-state index contributed by atoms with van der Waals surface area (Å²) < 4.78 is 0. The minimum atomic E-state index is 0.363. The van der Waals surface area contributed by atoms with Gasteiger partial charge in [-0.15, -0.1) is 0 Å². The highest BCUT2D eigenvalue weighted by molar-refractivity contribution is 5.95. The van der Waals surface area contributed by atoms with Crippen molar-refractivity contribution in [2.75, 3.05) is 0 Å². The molecule has 0 saturated heterocycles. The van der Waals surface area contributed by atoms with Crippen molar-refractivity contribution in [2.45, 2.75) is 6.92 Å². The summed E-state index contributed by atoms with van der Waals surface area (Å²) in [6, 6.07) is 0. The summed E-state index contributed by atoms with van der Waals surface area (Å²) in [5, 5.41) is 6.49. The number of rotatable bonds is 2. The number of aliphatic imine (C=N–C) groups is 1. The van der Waals surface area contributed by atoms with Crippen molar-refractivity contribution in [3.8, 4) is 0 Å². The van der Waals surface area contributed by atoms with E-state index in [1.807, 2.05) is 6.92 Å². The number of allylic oxidation sites excluding steroid dienone is 1. The lowest BCUT2D eigenvalue weighted by Gasteiger charge is -1.82. The second-order valence-electron chi connectivity index (χ2n) is 1.18. The van der Waals surface area contributed by atoms with Crippen LogP contribution in [0.4, 0.5) is 0 Å². The van der Waals surface area contributed by atoms with Crippen LogP contribution in [0.2, 0.25) is 0 Å². The van der Waals surface area contributed by atoms with Gasteiger partial charge in [0.05, 0.1) is 0 Å². The lowest BCUT2D eigenvalue weighted by atomic mass is 10.5. The molecule has 0 rings (SSSR count). The minimum absolute atomic E-state index is 0.363. The van der Waals surface area contributed by atoms with Crippen LogP contribution in [-0.2, 0) is 0 Å². The molecule has 3 nitrogen and oxygen atoms in total. The van der Waals surface area contributed by atoms with E-state index in [9.17, 15) is 0 Å². The molecule has 0 atom stereocenters. The molecule has 0 aliphatic rings. The maximum atomic E-state index is 6.49. The molecule has 0 aromatic rings. The zero-order chi connectivity index (χ0) is 6.41. The van der Waals surface area contributed by atoms with Crippen molar-refractivity contribution >= 4 is 12.2 Å². The van der Waals surface area contributed by atoms with E-state index in [0.29, 0.717) is 5.84 Å².